The number of rotatable bonds is 1. The van der Waals surface area contributed by atoms with E-state index in [-0.39, 0.29) is 0 Å². The maximum Gasteiger partial charge on any atom is 0.0152 e. The van der Waals surface area contributed by atoms with E-state index >= 15 is 0 Å². The summed E-state index contributed by atoms with van der Waals surface area (Å²) in [6.07, 6.45) is 10.8. The zero-order valence-electron chi connectivity index (χ0n) is 12.2. The Hall–Kier alpha value is -0.0400. The van der Waals surface area contributed by atoms with Crippen molar-refractivity contribution in [2.45, 2.75) is 64.8 Å². The molecule has 5 rings (SSSR count). The van der Waals surface area contributed by atoms with E-state index < -0.39 is 0 Å². The average Bonchev–Trinajstić information content (AvgIpc) is 2.29. The van der Waals surface area contributed by atoms with Gasteiger partial charge in [0.25, 0.3) is 0 Å². The molecule has 1 heteroatoms. The minimum absolute atomic E-state index is 0.614. The fourth-order valence-electron chi connectivity index (χ4n) is 5.92. The Balaban J connectivity index is 1.49. The molecule has 102 valence electrons. The van der Waals surface area contributed by atoms with E-state index in [2.05, 4.69) is 18.7 Å². The molecule has 0 spiro atoms. The number of hydrogen-bond acceptors (Lipinski definition) is 1. The number of piperidine rings is 1. The van der Waals surface area contributed by atoms with Crippen molar-refractivity contribution >= 4 is 0 Å². The molecule has 0 radical (unpaired) electrons. The van der Waals surface area contributed by atoms with Crippen LogP contribution in [0.2, 0.25) is 0 Å². The number of likely N-dealkylation sites (tertiary alicyclic amines) is 1. The smallest absolute Gasteiger partial charge is 0.0152 e. The Morgan fingerprint density at radius 1 is 0.778 bits per heavy atom. The van der Waals surface area contributed by atoms with Crippen LogP contribution in [0.15, 0.2) is 0 Å². The minimum Gasteiger partial charge on any atom is -0.300 e. The van der Waals surface area contributed by atoms with Gasteiger partial charge in [0.05, 0.1) is 0 Å². The molecule has 0 aromatic rings. The molecule has 4 aliphatic carbocycles. The lowest BCUT2D eigenvalue weighted by Gasteiger charge is -2.58. The monoisotopic (exact) mass is 247 g/mol. The molecule has 18 heavy (non-hydrogen) atoms. The second kappa shape index (κ2) is 3.98. The summed E-state index contributed by atoms with van der Waals surface area (Å²) >= 11 is 0. The molecular formula is C17H29N. The third-order valence-corrected chi connectivity index (χ3v) is 6.75. The lowest BCUT2D eigenvalue weighted by atomic mass is 9.53. The van der Waals surface area contributed by atoms with Gasteiger partial charge in [0.2, 0.25) is 0 Å². The second-order valence-corrected chi connectivity index (χ2v) is 8.62. The van der Waals surface area contributed by atoms with Gasteiger partial charge in [-0.1, -0.05) is 13.8 Å². The molecule has 0 aromatic heterocycles. The fraction of sp³-hybridized carbons (Fsp3) is 1.00. The fourth-order valence-corrected chi connectivity index (χ4v) is 5.92. The largest absolute Gasteiger partial charge is 0.300 e. The van der Waals surface area contributed by atoms with E-state index in [9.17, 15) is 0 Å². The lowest BCUT2D eigenvalue weighted by molar-refractivity contribution is -0.0781. The van der Waals surface area contributed by atoms with Crippen LogP contribution in [0.4, 0.5) is 0 Å². The first-order valence-corrected chi connectivity index (χ1v) is 8.35. The van der Waals surface area contributed by atoms with Crippen LogP contribution >= 0.6 is 0 Å². The Morgan fingerprint density at radius 2 is 1.28 bits per heavy atom. The van der Waals surface area contributed by atoms with Gasteiger partial charge >= 0.3 is 0 Å². The summed E-state index contributed by atoms with van der Waals surface area (Å²) in [6.45, 7) is 7.70. The first-order chi connectivity index (χ1) is 8.61. The van der Waals surface area contributed by atoms with Crippen LogP contribution in [0.1, 0.15) is 58.8 Å². The van der Waals surface area contributed by atoms with Gasteiger partial charge in [0, 0.05) is 6.04 Å². The van der Waals surface area contributed by atoms with Gasteiger partial charge in [-0.15, -0.1) is 0 Å². The van der Waals surface area contributed by atoms with E-state index in [1.165, 1.54) is 25.9 Å². The molecule has 4 bridgehead atoms. The van der Waals surface area contributed by atoms with Crippen molar-refractivity contribution in [1.29, 1.82) is 0 Å². The van der Waals surface area contributed by atoms with Crippen LogP contribution in [-0.4, -0.2) is 24.0 Å². The molecule has 5 fully saturated rings. The summed E-state index contributed by atoms with van der Waals surface area (Å²) in [5, 5.41) is 0. The maximum atomic E-state index is 2.92. The maximum absolute atomic E-state index is 2.92. The van der Waals surface area contributed by atoms with Gasteiger partial charge in [-0.2, -0.15) is 0 Å². The van der Waals surface area contributed by atoms with Crippen LogP contribution in [0.25, 0.3) is 0 Å². The second-order valence-electron chi connectivity index (χ2n) is 8.62. The molecule has 0 aromatic carbocycles. The number of nitrogens with zero attached hydrogens (tertiary/aromatic N) is 1. The number of hydrogen-bond donors (Lipinski definition) is 0. The van der Waals surface area contributed by atoms with Crippen molar-refractivity contribution in [3.8, 4) is 0 Å². The van der Waals surface area contributed by atoms with Crippen molar-refractivity contribution in [2.75, 3.05) is 13.1 Å². The Labute approximate surface area is 112 Å². The molecule has 1 nitrogen and oxygen atoms in total. The molecule has 1 aliphatic heterocycles. The summed E-state index contributed by atoms with van der Waals surface area (Å²) in [7, 11) is 0. The molecule has 1 saturated heterocycles. The highest BCUT2D eigenvalue weighted by atomic mass is 15.2. The average molecular weight is 247 g/mol. The predicted octanol–water partition coefficient (Wildman–Crippen LogP) is 3.93. The third-order valence-electron chi connectivity index (χ3n) is 6.75. The van der Waals surface area contributed by atoms with E-state index in [0.29, 0.717) is 5.41 Å². The van der Waals surface area contributed by atoms with Crippen molar-refractivity contribution in [2.24, 2.45) is 29.1 Å². The van der Waals surface area contributed by atoms with Crippen LogP contribution in [0.5, 0.6) is 0 Å². The van der Waals surface area contributed by atoms with Crippen LogP contribution in [0.3, 0.4) is 0 Å². The zero-order chi connectivity index (χ0) is 12.3. The van der Waals surface area contributed by atoms with Gasteiger partial charge < -0.3 is 0 Å². The quantitative estimate of drug-likeness (QED) is 0.678. The SMILES string of the molecule is CC1(C)CCN(C2C3CC4CC(C3)CC2C4)CC1. The van der Waals surface area contributed by atoms with Gasteiger partial charge in [-0.05, 0) is 87.1 Å². The highest BCUT2D eigenvalue weighted by molar-refractivity contribution is 5.03. The van der Waals surface area contributed by atoms with Crippen LogP contribution in [0, 0.1) is 29.1 Å². The third kappa shape index (κ3) is 1.85. The van der Waals surface area contributed by atoms with Gasteiger partial charge in [-0.3, -0.25) is 4.90 Å². The van der Waals surface area contributed by atoms with E-state index in [0.717, 1.165) is 29.7 Å². The highest BCUT2D eigenvalue weighted by Gasteiger charge is 2.50. The Morgan fingerprint density at radius 3 is 1.78 bits per heavy atom. The predicted molar refractivity (Wildman–Crippen MR) is 75.4 cm³/mol. The molecule has 4 saturated carbocycles. The van der Waals surface area contributed by atoms with Gasteiger partial charge in [-0.25, -0.2) is 0 Å². The zero-order valence-corrected chi connectivity index (χ0v) is 12.2. The summed E-state index contributed by atoms with van der Waals surface area (Å²) in [4.78, 5) is 2.92. The first kappa shape index (κ1) is 11.8. The minimum atomic E-state index is 0.614. The van der Waals surface area contributed by atoms with E-state index in [1.54, 1.807) is 32.1 Å². The van der Waals surface area contributed by atoms with Crippen molar-refractivity contribution < 1.29 is 0 Å². The lowest BCUT2D eigenvalue weighted by Crippen LogP contribution is -2.57. The van der Waals surface area contributed by atoms with Crippen molar-refractivity contribution in [3.05, 3.63) is 0 Å². The molecule has 0 unspecified atom stereocenters. The first-order valence-electron chi connectivity index (χ1n) is 8.35. The van der Waals surface area contributed by atoms with E-state index in [1.807, 2.05) is 0 Å². The Kier molecular flexibility index (Phi) is 2.60. The van der Waals surface area contributed by atoms with Gasteiger partial charge in [0.1, 0.15) is 0 Å². The summed E-state index contributed by atoms with van der Waals surface area (Å²) in [5.74, 6) is 4.43. The summed E-state index contributed by atoms with van der Waals surface area (Å²) in [5.41, 5.74) is 0.614. The van der Waals surface area contributed by atoms with Gasteiger partial charge in [0.15, 0.2) is 0 Å². The Bertz CT molecular complexity index is 295. The van der Waals surface area contributed by atoms with E-state index in [4.69, 9.17) is 0 Å². The van der Waals surface area contributed by atoms with Crippen LogP contribution in [-0.2, 0) is 0 Å². The molecule has 0 amide bonds. The molecule has 1 heterocycles. The summed E-state index contributed by atoms with van der Waals surface area (Å²) in [6, 6.07) is 0.994. The highest BCUT2D eigenvalue weighted by Crippen LogP contribution is 2.55. The van der Waals surface area contributed by atoms with Crippen LogP contribution < -0.4 is 0 Å². The molecular weight excluding hydrogens is 218 g/mol. The summed E-state index contributed by atoms with van der Waals surface area (Å²) < 4.78 is 0. The molecule has 0 N–H and O–H groups in total. The standard InChI is InChI=1S/C17H29N/c1-17(2)3-5-18(6-4-17)16-14-8-12-7-13(10-14)11-15(16)9-12/h12-16H,3-11H2,1-2H3. The van der Waals surface area contributed by atoms with Crippen molar-refractivity contribution in [3.63, 3.8) is 0 Å². The normalized spacial score (nSPS) is 50.7. The molecule has 0 atom stereocenters. The topological polar surface area (TPSA) is 3.24 Å². The van der Waals surface area contributed by atoms with Crippen molar-refractivity contribution in [1.82, 2.24) is 4.90 Å². The molecule has 5 aliphatic rings.